The molecule has 2 rings (SSSR count). The van der Waals surface area contributed by atoms with E-state index in [1.165, 1.54) is 12.0 Å². The third-order valence-corrected chi connectivity index (χ3v) is 3.07. The Morgan fingerprint density at radius 1 is 1.29 bits per heavy atom. The molecule has 1 saturated heterocycles. The quantitative estimate of drug-likeness (QED) is 0.847. The van der Waals surface area contributed by atoms with Gasteiger partial charge in [-0.2, -0.15) is 0 Å². The first-order valence-corrected chi connectivity index (χ1v) is 6.34. The molecule has 0 aliphatic carbocycles. The van der Waals surface area contributed by atoms with E-state index in [4.69, 9.17) is 9.47 Å². The molecule has 1 N–H and O–H groups in total. The van der Waals surface area contributed by atoms with Crippen LogP contribution in [-0.4, -0.2) is 32.9 Å². The Morgan fingerprint density at radius 2 is 2.12 bits per heavy atom. The number of piperidine rings is 1. The smallest absolute Gasteiger partial charge is 0.119 e. The molecule has 1 fully saturated rings. The number of hydrogen-bond acceptors (Lipinski definition) is 3. The molecule has 3 nitrogen and oxygen atoms in total. The van der Waals surface area contributed by atoms with Gasteiger partial charge in [0.15, 0.2) is 0 Å². The van der Waals surface area contributed by atoms with E-state index in [0.29, 0.717) is 6.10 Å². The molecule has 0 radical (unpaired) electrons. The lowest BCUT2D eigenvalue weighted by molar-refractivity contribution is 0.167. The molecule has 1 heterocycles. The minimum Gasteiger partial charge on any atom is -0.489 e. The van der Waals surface area contributed by atoms with Gasteiger partial charge in [0.1, 0.15) is 11.9 Å². The number of benzene rings is 1. The maximum atomic E-state index is 5.92. The summed E-state index contributed by atoms with van der Waals surface area (Å²) in [5.41, 5.74) is 1.29. The summed E-state index contributed by atoms with van der Waals surface area (Å²) >= 11 is 0. The standard InChI is InChI=1S/C14H21NO2/c1-16-10-8-12-4-6-13(7-5-12)17-14-3-2-9-15-11-14/h4-7,14-15H,2-3,8-11H2,1H3. The molecule has 1 aliphatic heterocycles. The summed E-state index contributed by atoms with van der Waals surface area (Å²) in [6, 6.07) is 8.34. The van der Waals surface area contributed by atoms with E-state index in [9.17, 15) is 0 Å². The van der Waals surface area contributed by atoms with Crippen molar-refractivity contribution < 1.29 is 9.47 Å². The molecular weight excluding hydrogens is 214 g/mol. The van der Waals surface area contributed by atoms with Crippen LogP contribution in [0.2, 0.25) is 0 Å². The largest absolute Gasteiger partial charge is 0.489 e. The topological polar surface area (TPSA) is 30.5 Å². The second kappa shape index (κ2) is 6.62. The molecule has 0 spiro atoms. The van der Waals surface area contributed by atoms with Crippen molar-refractivity contribution >= 4 is 0 Å². The highest BCUT2D eigenvalue weighted by Crippen LogP contribution is 2.16. The zero-order valence-electron chi connectivity index (χ0n) is 10.4. The Bertz CT molecular complexity index is 317. The van der Waals surface area contributed by atoms with Crippen molar-refractivity contribution in [2.45, 2.75) is 25.4 Å². The molecule has 3 heteroatoms. The average molecular weight is 235 g/mol. The molecule has 1 atom stereocenters. The summed E-state index contributed by atoms with van der Waals surface area (Å²) in [6.45, 7) is 2.86. The molecule has 94 valence electrons. The predicted molar refractivity (Wildman–Crippen MR) is 68.5 cm³/mol. The van der Waals surface area contributed by atoms with Gasteiger partial charge in [-0.15, -0.1) is 0 Å². The first-order valence-electron chi connectivity index (χ1n) is 6.34. The zero-order valence-corrected chi connectivity index (χ0v) is 10.4. The molecular formula is C14H21NO2. The van der Waals surface area contributed by atoms with Crippen molar-refractivity contribution in [1.82, 2.24) is 5.32 Å². The summed E-state index contributed by atoms with van der Waals surface area (Å²) in [7, 11) is 1.73. The molecule has 1 unspecified atom stereocenters. The lowest BCUT2D eigenvalue weighted by Crippen LogP contribution is -2.37. The van der Waals surface area contributed by atoms with Gasteiger partial charge >= 0.3 is 0 Å². The van der Waals surface area contributed by atoms with Crippen LogP contribution in [0, 0.1) is 0 Å². The van der Waals surface area contributed by atoms with Crippen molar-refractivity contribution in [2.75, 3.05) is 26.8 Å². The van der Waals surface area contributed by atoms with Crippen LogP contribution in [-0.2, 0) is 11.2 Å². The van der Waals surface area contributed by atoms with Gasteiger partial charge < -0.3 is 14.8 Å². The molecule has 0 saturated carbocycles. The van der Waals surface area contributed by atoms with Crippen molar-refractivity contribution in [3.05, 3.63) is 29.8 Å². The molecule has 1 aromatic rings. The van der Waals surface area contributed by atoms with E-state index in [2.05, 4.69) is 29.6 Å². The summed E-state index contributed by atoms with van der Waals surface area (Å²) < 4.78 is 11.0. The number of methoxy groups -OCH3 is 1. The number of nitrogens with one attached hydrogen (secondary N) is 1. The van der Waals surface area contributed by atoms with Crippen LogP contribution in [0.15, 0.2) is 24.3 Å². The summed E-state index contributed by atoms with van der Waals surface area (Å²) in [5, 5.41) is 3.35. The Labute approximate surface area is 103 Å². The van der Waals surface area contributed by atoms with E-state index in [0.717, 1.165) is 38.3 Å². The fourth-order valence-corrected chi connectivity index (χ4v) is 2.07. The molecule has 1 aliphatic rings. The highest BCUT2D eigenvalue weighted by Gasteiger charge is 2.13. The predicted octanol–water partition coefficient (Wildman–Crippen LogP) is 2.01. The first-order chi connectivity index (χ1) is 8.38. The van der Waals surface area contributed by atoms with Crippen LogP contribution in [0.4, 0.5) is 0 Å². The van der Waals surface area contributed by atoms with Crippen molar-refractivity contribution in [1.29, 1.82) is 0 Å². The molecule has 0 aromatic heterocycles. The maximum Gasteiger partial charge on any atom is 0.119 e. The van der Waals surface area contributed by atoms with Gasteiger partial charge in [0, 0.05) is 13.7 Å². The van der Waals surface area contributed by atoms with Crippen molar-refractivity contribution in [3.8, 4) is 5.75 Å². The van der Waals surface area contributed by atoms with E-state index < -0.39 is 0 Å². The second-order valence-electron chi connectivity index (χ2n) is 4.47. The van der Waals surface area contributed by atoms with Crippen LogP contribution in [0.1, 0.15) is 18.4 Å². The van der Waals surface area contributed by atoms with E-state index >= 15 is 0 Å². The minimum atomic E-state index is 0.327. The van der Waals surface area contributed by atoms with Gasteiger partial charge in [0.2, 0.25) is 0 Å². The van der Waals surface area contributed by atoms with Gasteiger partial charge in [-0.25, -0.2) is 0 Å². The Morgan fingerprint density at radius 3 is 2.76 bits per heavy atom. The van der Waals surface area contributed by atoms with Gasteiger partial charge in [0.05, 0.1) is 6.61 Å². The lowest BCUT2D eigenvalue weighted by Gasteiger charge is -2.24. The van der Waals surface area contributed by atoms with E-state index in [1.54, 1.807) is 7.11 Å². The average Bonchev–Trinajstić information content (AvgIpc) is 2.39. The van der Waals surface area contributed by atoms with E-state index in [1.807, 2.05) is 0 Å². The zero-order chi connectivity index (χ0) is 11.9. The maximum absolute atomic E-state index is 5.92. The highest BCUT2D eigenvalue weighted by molar-refractivity contribution is 5.27. The van der Waals surface area contributed by atoms with Gasteiger partial charge in [-0.05, 0) is 43.5 Å². The monoisotopic (exact) mass is 235 g/mol. The lowest BCUT2D eigenvalue weighted by atomic mass is 10.1. The first kappa shape index (κ1) is 12.4. The fourth-order valence-electron chi connectivity index (χ4n) is 2.07. The van der Waals surface area contributed by atoms with Gasteiger partial charge in [-0.3, -0.25) is 0 Å². The third kappa shape index (κ3) is 4.02. The fraction of sp³-hybridized carbons (Fsp3) is 0.571. The number of ether oxygens (including phenoxy) is 2. The number of hydrogen-bond donors (Lipinski definition) is 1. The normalized spacial score (nSPS) is 20.2. The van der Waals surface area contributed by atoms with Crippen LogP contribution >= 0.6 is 0 Å². The summed E-state index contributed by atoms with van der Waals surface area (Å²) in [4.78, 5) is 0. The van der Waals surface area contributed by atoms with E-state index in [-0.39, 0.29) is 0 Å². The molecule has 0 bridgehead atoms. The summed E-state index contributed by atoms with van der Waals surface area (Å²) in [6.07, 6.45) is 3.64. The SMILES string of the molecule is COCCc1ccc(OC2CCCNC2)cc1. The Hall–Kier alpha value is -1.06. The van der Waals surface area contributed by atoms with Crippen LogP contribution in [0.3, 0.4) is 0 Å². The van der Waals surface area contributed by atoms with Crippen LogP contribution in [0.25, 0.3) is 0 Å². The third-order valence-electron chi connectivity index (χ3n) is 3.07. The van der Waals surface area contributed by atoms with Gasteiger partial charge in [0.25, 0.3) is 0 Å². The van der Waals surface area contributed by atoms with Gasteiger partial charge in [-0.1, -0.05) is 12.1 Å². The van der Waals surface area contributed by atoms with Crippen molar-refractivity contribution in [3.63, 3.8) is 0 Å². The molecule has 1 aromatic carbocycles. The summed E-state index contributed by atoms with van der Waals surface area (Å²) in [5.74, 6) is 0.972. The molecule has 17 heavy (non-hydrogen) atoms. The van der Waals surface area contributed by atoms with Crippen LogP contribution in [0.5, 0.6) is 5.75 Å². The Kier molecular flexibility index (Phi) is 4.83. The molecule has 0 amide bonds. The minimum absolute atomic E-state index is 0.327. The number of rotatable bonds is 5. The second-order valence-corrected chi connectivity index (χ2v) is 4.47. The van der Waals surface area contributed by atoms with Crippen molar-refractivity contribution in [2.24, 2.45) is 0 Å². The highest BCUT2D eigenvalue weighted by atomic mass is 16.5. The Balaban J connectivity index is 1.84. The van der Waals surface area contributed by atoms with Crippen LogP contribution < -0.4 is 10.1 Å².